The molecule has 0 saturated heterocycles. The third kappa shape index (κ3) is 4.33. The number of Topliss-reactive ketones (excluding diaryl/α,β-unsaturated/α-hetero) is 1. The molecule has 2 rings (SSSR count). The summed E-state index contributed by atoms with van der Waals surface area (Å²) in [7, 11) is 0. The molecule has 0 aliphatic carbocycles. The first-order valence-corrected chi connectivity index (χ1v) is 7.58. The van der Waals surface area contributed by atoms with Gasteiger partial charge in [-0.25, -0.2) is 0 Å². The van der Waals surface area contributed by atoms with Crippen LogP contribution in [0.2, 0.25) is 0 Å². The fourth-order valence-electron chi connectivity index (χ4n) is 1.89. The van der Waals surface area contributed by atoms with Gasteiger partial charge in [0.15, 0.2) is 6.10 Å². The first-order chi connectivity index (χ1) is 10.1. The topological polar surface area (TPSA) is 35.5 Å². The van der Waals surface area contributed by atoms with Gasteiger partial charge >= 0.3 is 0 Å². The summed E-state index contributed by atoms with van der Waals surface area (Å²) in [4.78, 5) is 12.3. The molecule has 0 fully saturated rings. The van der Waals surface area contributed by atoms with Crippen molar-refractivity contribution in [2.24, 2.45) is 0 Å². The Morgan fingerprint density at radius 3 is 2.19 bits per heavy atom. The molecule has 0 saturated carbocycles. The highest BCUT2D eigenvalue weighted by molar-refractivity contribution is 9.10. The number of ketones is 1. The lowest BCUT2D eigenvalue weighted by atomic mass is 10.1. The van der Waals surface area contributed by atoms with Gasteiger partial charge in [0.2, 0.25) is 5.78 Å². The van der Waals surface area contributed by atoms with E-state index in [1.54, 1.807) is 31.2 Å². The number of hydrogen-bond donors (Lipinski definition) is 0. The highest BCUT2D eigenvalue weighted by Crippen LogP contribution is 2.20. The van der Waals surface area contributed by atoms with Crippen LogP contribution in [0.5, 0.6) is 11.5 Å². The van der Waals surface area contributed by atoms with Gasteiger partial charge in [0.25, 0.3) is 0 Å². The summed E-state index contributed by atoms with van der Waals surface area (Å²) >= 11 is 3.35. The smallest absolute Gasteiger partial charge is 0.202 e. The van der Waals surface area contributed by atoms with Crippen molar-refractivity contribution in [2.45, 2.75) is 20.0 Å². The Labute approximate surface area is 133 Å². The molecular weight excluding hydrogens is 332 g/mol. The van der Waals surface area contributed by atoms with Crippen LogP contribution in [-0.4, -0.2) is 18.5 Å². The van der Waals surface area contributed by atoms with Gasteiger partial charge in [-0.3, -0.25) is 4.79 Å². The molecule has 0 heterocycles. The molecule has 2 aromatic rings. The third-order valence-corrected chi connectivity index (χ3v) is 3.47. The van der Waals surface area contributed by atoms with E-state index in [1.165, 1.54) is 0 Å². The molecule has 0 aliphatic heterocycles. The number of rotatable bonds is 6. The van der Waals surface area contributed by atoms with E-state index in [9.17, 15) is 4.79 Å². The summed E-state index contributed by atoms with van der Waals surface area (Å²) in [5.74, 6) is 1.39. The molecule has 0 amide bonds. The fourth-order valence-corrected chi connectivity index (χ4v) is 2.15. The Balaban J connectivity index is 2.01. The lowest BCUT2D eigenvalue weighted by molar-refractivity contribution is 0.0818. The lowest BCUT2D eigenvalue weighted by Crippen LogP contribution is -2.23. The van der Waals surface area contributed by atoms with E-state index in [0.717, 1.165) is 10.2 Å². The normalized spacial score (nSPS) is 11.8. The maximum absolute atomic E-state index is 12.3. The second-order valence-electron chi connectivity index (χ2n) is 4.54. The van der Waals surface area contributed by atoms with Gasteiger partial charge in [-0.05, 0) is 50.2 Å². The van der Waals surface area contributed by atoms with Crippen molar-refractivity contribution < 1.29 is 14.3 Å². The predicted octanol–water partition coefficient (Wildman–Crippen LogP) is 4.50. The van der Waals surface area contributed by atoms with E-state index >= 15 is 0 Å². The van der Waals surface area contributed by atoms with Gasteiger partial charge in [0, 0.05) is 10.0 Å². The van der Waals surface area contributed by atoms with Crippen molar-refractivity contribution >= 4 is 21.7 Å². The van der Waals surface area contributed by atoms with E-state index in [1.807, 2.05) is 31.2 Å². The fraction of sp³-hybridized carbons (Fsp3) is 0.235. The molecular formula is C17H17BrO3. The third-order valence-electron chi connectivity index (χ3n) is 2.95. The van der Waals surface area contributed by atoms with Crippen molar-refractivity contribution in [3.63, 3.8) is 0 Å². The molecule has 2 aromatic carbocycles. The Bertz CT molecular complexity index is 590. The average Bonchev–Trinajstić information content (AvgIpc) is 2.49. The lowest BCUT2D eigenvalue weighted by Gasteiger charge is -2.14. The maximum Gasteiger partial charge on any atom is 0.202 e. The first-order valence-electron chi connectivity index (χ1n) is 6.79. The summed E-state index contributed by atoms with van der Waals surface area (Å²) < 4.78 is 12.0. The van der Waals surface area contributed by atoms with Crippen LogP contribution in [-0.2, 0) is 0 Å². The van der Waals surface area contributed by atoms with E-state index in [-0.39, 0.29) is 5.78 Å². The van der Waals surface area contributed by atoms with E-state index < -0.39 is 6.10 Å². The largest absolute Gasteiger partial charge is 0.494 e. The summed E-state index contributed by atoms with van der Waals surface area (Å²) in [6.45, 7) is 4.31. The second-order valence-corrected chi connectivity index (χ2v) is 5.45. The number of halogens is 1. The van der Waals surface area contributed by atoms with Crippen LogP contribution in [0, 0.1) is 0 Å². The Morgan fingerprint density at radius 2 is 1.62 bits per heavy atom. The maximum atomic E-state index is 12.3. The Kier molecular flexibility index (Phi) is 5.39. The van der Waals surface area contributed by atoms with Gasteiger partial charge < -0.3 is 9.47 Å². The standard InChI is InChI=1S/C17H17BrO3/c1-3-20-15-8-10-16(11-9-15)21-12(2)17(19)13-4-6-14(18)7-5-13/h4-12H,3H2,1-2H3. The molecule has 0 radical (unpaired) electrons. The van der Waals surface area contributed by atoms with Crippen LogP contribution in [0.4, 0.5) is 0 Å². The number of carbonyl (C=O) groups excluding carboxylic acids is 1. The minimum absolute atomic E-state index is 0.0450. The van der Waals surface area contributed by atoms with Crippen molar-refractivity contribution in [1.29, 1.82) is 0 Å². The number of benzene rings is 2. The van der Waals surface area contributed by atoms with Gasteiger partial charge in [0.1, 0.15) is 11.5 Å². The molecule has 0 N–H and O–H groups in total. The SMILES string of the molecule is CCOc1ccc(OC(C)C(=O)c2ccc(Br)cc2)cc1. The minimum Gasteiger partial charge on any atom is -0.494 e. The summed E-state index contributed by atoms with van der Waals surface area (Å²) in [6.07, 6.45) is -0.538. The monoisotopic (exact) mass is 348 g/mol. The molecule has 3 nitrogen and oxygen atoms in total. The molecule has 1 unspecified atom stereocenters. The van der Waals surface area contributed by atoms with E-state index in [4.69, 9.17) is 9.47 Å². The molecule has 0 aromatic heterocycles. The van der Waals surface area contributed by atoms with Gasteiger partial charge in [-0.2, -0.15) is 0 Å². The zero-order valence-corrected chi connectivity index (χ0v) is 13.6. The zero-order chi connectivity index (χ0) is 15.2. The summed E-state index contributed by atoms with van der Waals surface area (Å²) in [5.41, 5.74) is 0.636. The number of carbonyl (C=O) groups is 1. The molecule has 0 aliphatic rings. The van der Waals surface area contributed by atoms with Gasteiger partial charge in [-0.1, -0.05) is 28.1 Å². The highest BCUT2D eigenvalue weighted by atomic mass is 79.9. The van der Waals surface area contributed by atoms with E-state index in [0.29, 0.717) is 17.9 Å². The molecule has 4 heteroatoms. The highest BCUT2D eigenvalue weighted by Gasteiger charge is 2.16. The summed E-state index contributed by atoms with van der Waals surface area (Å²) in [5, 5.41) is 0. The van der Waals surface area contributed by atoms with Gasteiger partial charge in [0.05, 0.1) is 6.61 Å². The van der Waals surface area contributed by atoms with Crippen molar-refractivity contribution in [3.8, 4) is 11.5 Å². The van der Waals surface area contributed by atoms with Crippen LogP contribution in [0.3, 0.4) is 0 Å². The molecule has 110 valence electrons. The number of ether oxygens (including phenoxy) is 2. The van der Waals surface area contributed by atoms with Crippen LogP contribution >= 0.6 is 15.9 Å². The molecule has 0 bridgehead atoms. The van der Waals surface area contributed by atoms with Crippen LogP contribution in [0.25, 0.3) is 0 Å². The summed E-state index contributed by atoms with van der Waals surface area (Å²) in [6, 6.07) is 14.5. The van der Waals surface area contributed by atoms with Crippen LogP contribution in [0.1, 0.15) is 24.2 Å². The van der Waals surface area contributed by atoms with Crippen LogP contribution in [0.15, 0.2) is 53.0 Å². The Hall–Kier alpha value is -1.81. The zero-order valence-electron chi connectivity index (χ0n) is 12.0. The number of hydrogen-bond acceptors (Lipinski definition) is 3. The molecule has 1 atom stereocenters. The average molecular weight is 349 g/mol. The first kappa shape index (κ1) is 15.6. The Morgan fingerprint density at radius 1 is 1.05 bits per heavy atom. The van der Waals surface area contributed by atoms with Crippen LogP contribution < -0.4 is 9.47 Å². The van der Waals surface area contributed by atoms with Crippen molar-refractivity contribution in [3.05, 3.63) is 58.6 Å². The minimum atomic E-state index is -0.538. The predicted molar refractivity (Wildman–Crippen MR) is 86.2 cm³/mol. The van der Waals surface area contributed by atoms with Gasteiger partial charge in [-0.15, -0.1) is 0 Å². The molecule has 0 spiro atoms. The second kappa shape index (κ2) is 7.27. The van der Waals surface area contributed by atoms with Crippen molar-refractivity contribution in [1.82, 2.24) is 0 Å². The quantitative estimate of drug-likeness (QED) is 0.721. The molecule has 21 heavy (non-hydrogen) atoms. The van der Waals surface area contributed by atoms with E-state index in [2.05, 4.69) is 15.9 Å². The van der Waals surface area contributed by atoms with Crippen molar-refractivity contribution in [2.75, 3.05) is 6.61 Å².